The quantitative estimate of drug-likeness (QED) is 0.564. The van der Waals surface area contributed by atoms with Gasteiger partial charge in [-0.2, -0.15) is 0 Å². The van der Waals surface area contributed by atoms with Gasteiger partial charge in [-0.25, -0.2) is 4.39 Å². The van der Waals surface area contributed by atoms with Crippen LogP contribution >= 0.6 is 23.4 Å². The standard InChI is InChI=1S/C19H19ClFN5O2S/c20-15-10-13(21)5-6-16(15)22-17(27)12-29-19-24-23-18(25-7-1-2-8-25)26(19)11-14-4-3-9-28-14/h3-6,9-10H,1-2,7-8,11-12H2,(H,22,27). The number of hydrogen-bond donors (Lipinski definition) is 1. The van der Waals surface area contributed by atoms with Crippen molar-refractivity contribution < 1.29 is 13.6 Å². The molecule has 0 spiro atoms. The van der Waals surface area contributed by atoms with Crippen molar-refractivity contribution in [3.05, 3.63) is 53.2 Å². The lowest BCUT2D eigenvalue weighted by Crippen LogP contribution is -2.23. The Morgan fingerprint density at radius 1 is 1.28 bits per heavy atom. The van der Waals surface area contributed by atoms with Crippen LogP contribution in [0.2, 0.25) is 5.02 Å². The fraction of sp³-hybridized carbons (Fsp3) is 0.316. The highest BCUT2D eigenvalue weighted by Gasteiger charge is 2.22. The minimum Gasteiger partial charge on any atom is -0.467 e. The van der Waals surface area contributed by atoms with E-state index in [9.17, 15) is 9.18 Å². The molecular formula is C19H19ClFN5O2S. The second kappa shape index (κ2) is 8.87. The fourth-order valence-corrected chi connectivity index (χ4v) is 4.09. The first-order valence-electron chi connectivity index (χ1n) is 9.18. The highest BCUT2D eigenvalue weighted by molar-refractivity contribution is 7.99. The number of nitrogens with zero attached hydrogens (tertiary/aromatic N) is 4. The number of rotatable bonds is 7. The SMILES string of the molecule is O=C(CSc1nnc(N2CCCC2)n1Cc1ccco1)Nc1ccc(F)cc1Cl. The number of hydrogen-bond acceptors (Lipinski definition) is 6. The second-order valence-corrected chi connectivity index (χ2v) is 7.95. The van der Waals surface area contributed by atoms with Gasteiger partial charge in [0.15, 0.2) is 5.16 Å². The Balaban J connectivity index is 1.46. The molecule has 152 valence electrons. The zero-order valence-corrected chi connectivity index (χ0v) is 17.0. The molecular weight excluding hydrogens is 417 g/mol. The maximum absolute atomic E-state index is 13.2. The van der Waals surface area contributed by atoms with Gasteiger partial charge in [-0.3, -0.25) is 9.36 Å². The van der Waals surface area contributed by atoms with Crippen molar-refractivity contribution in [2.45, 2.75) is 24.5 Å². The minimum absolute atomic E-state index is 0.115. The van der Waals surface area contributed by atoms with Crippen LogP contribution in [0.1, 0.15) is 18.6 Å². The van der Waals surface area contributed by atoms with Crippen molar-refractivity contribution in [1.82, 2.24) is 14.8 Å². The summed E-state index contributed by atoms with van der Waals surface area (Å²) >= 11 is 7.24. The molecule has 10 heteroatoms. The number of carbonyl (C=O) groups excluding carboxylic acids is 1. The second-order valence-electron chi connectivity index (χ2n) is 6.60. The van der Waals surface area contributed by atoms with Gasteiger partial charge >= 0.3 is 0 Å². The predicted molar refractivity (Wildman–Crippen MR) is 110 cm³/mol. The summed E-state index contributed by atoms with van der Waals surface area (Å²) in [4.78, 5) is 14.5. The van der Waals surface area contributed by atoms with E-state index in [4.69, 9.17) is 16.0 Å². The zero-order chi connectivity index (χ0) is 20.2. The number of nitrogens with one attached hydrogen (secondary N) is 1. The summed E-state index contributed by atoms with van der Waals surface area (Å²) in [7, 11) is 0. The van der Waals surface area contributed by atoms with Crippen molar-refractivity contribution in [1.29, 1.82) is 0 Å². The molecule has 29 heavy (non-hydrogen) atoms. The van der Waals surface area contributed by atoms with E-state index in [1.165, 1.54) is 23.9 Å². The van der Waals surface area contributed by atoms with E-state index in [1.807, 2.05) is 16.7 Å². The monoisotopic (exact) mass is 435 g/mol. The van der Waals surface area contributed by atoms with Crippen LogP contribution in [0, 0.1) is 5.82 Å². The van der Waals surface area contributed by atoms with Gasteiger partial charge < -0.3 is 14.6 Å². The third kappa shape index (κ3) is 4.73. The number of amides is 1. The summed E-state index contributed by atoms with van der Waals surface area (Å²) in [5, 5.41) is 12.1. The molecule has 0 unspecified atom stereocenters. The maximum Gasteiger partial charge on any atom is 0.234 e. The molecule has 0 radical (unpaired) electrons. The molecule has 2 aromatic heterocycles. The van der Waals surface area contributed by atoms with Gasteiger partial charge in [0.25, 0.3) is 0 Å². The first-order valence-corrected chi connectivity index (χ1v) is 10.5. The predicted octanol–water partition coefficient (Wildman–Crippen LogP) is 4.04. The largest absolute Gasteiger partial charge is 0.467 e. The number of carbonyl (C=O) groups is 1. The van der Waals surface area contributed by atoms with Gasteiger partial charge in [-0.1, -0.05) is 23.4 Å². The number of benzene rings is 1. The Labute approximate surface area is 176 Å². The average molecular weight is 436 g/mol. The van der Waals surface area contributed by atoms with Crippen LogP contribution in [0.4, 0.5) is 16.0 Å². The van der Waals surface area contributed by atoms with Crippen molar-refractivity contribution in [2.75, 3.05) is 29.1 Å². The minimum atomic E-state index is -0.456. The molecule has 1 amide bonds. The van der Waals surface area contributed by atoms with Gasteiger partial charge in [0, 0.05) is 13.1 Å². The van der Waals surface area contributed by atoms with Crippen molar-refractivity contribution in [3.63, 3.8) is 0 Å². The van der Waals surface area contributed by atoms with E-state index in [0.29, 0.717) is 17.4 Å². The third-order valence-corrected chi connectivity index (χ3v) is 5.80. The van der Waals surface area contributed by atoms with E-state index >= 15 is 0 Å². The van der Waals surface area contributed by atoms with Crippen molar-refractivity contribution >= 4 is 40.9 Å². The molecule has 3 heterocycles. The molecule has 0 atom stereocenters. The Kier molecular flexibility index (Phi) is 6.05. The zero-order valence-electron chi connectivity index (χ0n) is 15.5. The Bertz CT molecular complexity index is 989. The van der Waals surface area contributed by atoms with Gasteiger partial charge in [-0.15, -0.1) is 10.2 Å². The molecule has 1 fully saturated rings. The van der Waals surface area contributed by atoms with Crippen LogP contribution in [0.15, 0.2) is 46.2 Å². The molecule has 7 nitrogen and oxygen atoms in total. The average Bonchev–Trinajstić information content (AvgIpc) is 3.45. The van der Waals surface area contributed by atoms with Gasteiger partial charge in [-0.05, 0) is 43.2 Å². The Morgan fingerprint density at radius 3 is 2.83 bits per heavy atom. The molecule has 1 aliphatic heterocycles. The lowest BCUT2D eigenvalue weighted by Gasteiger charge is -2.17. The first kappa shape index (κ1) is 19.8. The number of thioether (sulfide) groups is 1. The van der Waals surface area contributed by atoms with Crippen LogP contribution in [-0.4, -0.2) is 39.5 Å². The van der Waals surface area contributed by atoms with Crippen LogP contribution in [0.5, 0.6) is 0 Å². The highest BCUT2D eigenvalue weighted by Crippen LogP contribution is 2.27. The number of anilines is 2. The molecule has 4 rings (SSSR count). The summed E-state index contributed by atoms with van der Waals surface area (Å²) in [6, 6.07) is 7.57. The Hall–Kier alpha value is -2.52. The summed E-state index contributed by atoms with van der Waals surface area (Å²) in [6.07, 6.45) is 3.87. The van der Waals surface area contributed by atoms with Crippen molar-refractivity contribution in [2.24, 2.45) is 0 Å². The summed E-state index contributed by atoms with van der Waals surface area (Å²) in [6.45, 7) is 2.36. The first-order chi connectivity index (χ1) is 14.1. The maximum atomic E-state index is 13.2. The van der Waals surface area contributed by atoms with E-state index < -0.39 is 5.82 Å². The molecule has 0 aliphatic carbocycles. The molecule has 1 aliphatic rings. The summed E-state index contributed by atoms with van der Waals surface area (Å²) < 4.78 is 20.6. The van der Waals surface area contributed by atoms with Gasteiger partial charge in [0.05, 0.1) is 29.3 Å². The third-order valence-electron chi connectivity index (χ3n) is 4.52. The smallest absolute Gasteiger partial charge is 0.234 e. The Morgan fingerprint density at radius 2 is 2.10 bits per heavy atom. The van der Waals surface area contributed by atoms with Crippen LogP contribution < -0.4 is 10.2 Å². The lowest BCUT2D eigenvalue weighted by molar-refractivity contribution is -0.113. The molecule has 0 saturated carbocycles. The highest BCUT2D eigenvalue weighted by atomic mass is 35.5. The number of halogens is 2. The number of furan rings is 1. The number of aromatic nitrogens is 3. The summed E-state index contributed by atoms with van der Waals surface area (Å²) in [5.41, 5.74) is 0.369. The van der Waals surface area contributed by atoms with E-state index in [1.54, 1.807) is 6.26 Å². The van der Waals surface area contributed by atoms with E-state index in [0.717, 1.165) is 43.7 Å². The lowest BCUT2D eigenvalue weighted by atomic mass is 10.3. The van der Waals surface area contributed by atoms with Crippen LogP contribution in [-0.2, 0) is 11.3 Å². The normalized spacial score (nSPS) is 13.8. The molecule has 1 N–H and O–H groups in total. The van der Waals surface area contributed by atoms with Crippen molar-refractivity contribution in [3.8, 4) is 0 Å². The summed E-state index contributed by atoms with van der Waals surface area (Å²) in [5.74, 6) is 0.962. The topological polar surface area (TPSA) is 76.2 Å². The van der Waals surface area contributed by atoms with Crippen LogP contribution in [0.3, 0.4) is 0 Å². The molecule has 1 aromatic carbocycles. The van der Waals surface area contributed by atoms with E-state index in [2.05, 4.69) is 20.4 Å². The van der Waals surface area contributed by atoms with E-state index in [-0.39, 0.29) is 16.7 Å². The van der Waals surface area contributed by atoms with Crippen LogP contribution in [0.25, 0.3) is 0 Å². The molecule has 0 bridgehead atoms. The fourth-order valence-electron chi connectivity index (χ4n) is 3.14. The molecule has 3 aromatic rings. The van der Waals surface area contributed by atoms with Gasteiger partial charge in [0.1, 0.15) is 11.6 Å². The van der Waals surface area contributed by atoms with Gasteiger partial charge in [0.2, 0.25) is 11.9 Å². The molecule has 1 saturated heterocycles.